The molecular formula is C49H56Cl8Zr. The molecule has 6 rings (SSSR count). The fraction of sp³-hybridized carbons (Fsp3) is 0.408. The second-order valence-electron chi connectivity index (χ2n) is 19.7. The van der Waals surface area contributed by atoms with E-state index in [2.05, 4.69) is 144 Å². The van der Waals surface area contributed by atoms with Crippen LogP contribution >= 0.6 is 94.4 Å². The first kappa shape index (κ1) is 50.1. The number of benzene rings is 4. The predicted molar refractivity (Wildman–Crippen MR) is 260 cm³/mol. The van der Waals surface area contributed by atoms with Crippen LogP contribution in [0, 0.1) is 0 Å². The minimum atomic E-state index is -3.34. The molecule has 0 bridgehead atoms. The first-order valence-electron chi connectivity index (χ1n) is 19.4. The van der Waals surface area contributed by atoms with Gasteiger partial charge in [-0.15, -0.1) is 24.8 Å². The summed E-state index contributed by atoms with van der Waals surface area (Å²) < 4.78 is 1.10. The Hall–Kier alpha value is -0.567. The maximum Gasteiger partial charge on any atom is -0.147 e. The van der Waals surface area contributed by atoms with Crippen LogP contribution < -0.4 is 3.27 Å². The minimum Gasteiger partial charge on any atom is -0.147 e. The summed E-state index contributed by atoms with van der Waals surface area (Å²) in [6.45, 7) is 28.3. The molecule has 0 fully saturated rings. The topological polar surface area (TPSA) is 0 Å². The fourth-order valence-electron chi connectivity index (χ4n) is 8.50. The molecule has 0 N–H and O–H groups in total. The molecule has 0 heterocycles. The molecule has 0 radical (unpaired) electrons. The Balaban J connectivity index is 0.00000372. The predicted octanol–water partition coefficient (Wildman–Crippen LogP) is 16.3. The van der Waals surface area contributed by atoms with Crippen molar-refractivity contribution in [1.82, 2.24) is 0 Å². The Morgan fingerprint density at radius 2 is 1.02 bits per heavy atom. The molecule has 0 atom stereocenters. The molecule has 0 aliphatic heterocycles. The van der Waals surface area contributed by atoms with Crippen LogP contribution in [0.4, 0.5) is 0 Å². The summed E-state index contributed by atoms with van der Waals surface area (Å²) in [6.07, 6.45) is 8.68. The molecule has 312 valence electrons. The fourth-order valence-corrected chi connectivity index (χ4v) is 18.2. The summed E-state index contributed by atoms with van der Waals surface area (Å²) in [6, 6.07) is 23.9. The van der Waals surface area contributed by atoms with E-state index >= 15 is 0 Å². The normalized spacial score (nSPS) is 14.3. The monoisotopic (exact) mass is 1010 g/mol. The van der Waals surface area contributed by atoms with E-state index in [4.69, 9.17) is 69.6 Å². The zero-order valence-corrected chi connectivity index (χ0v) is 44.2. The molecular weight excluding hydrogens is 963 g/mol. The van der Waals surface area contributed by atoms with Gasteiger partial charge in [0.1, 0.15) is 0 Å². The van der Waals surface area contributed by atoms with Crippen molar-refractivity contribution >= 4 is 101 Å². The quantitative estimate of drug-likeness (QED) is 0.157. The van der Waals surface area contributed by atoms with Crippen molar-refractivity contribution in [1.29, 1.82) is 0 Å². The molecule has 2 aliphatic carbocycles. The van der Waals surface area contributed by atoms with Gasteiger partial charge in [0.2, 0.25) is 0 Å². The van der Waals surface area contributed by atoms with Gasteiger partial charge >= 0.3 is 378 Å². The third kappa shape index (κ3) is 10.3. The Bertz CT molecular complexity index is 2250. The van der Waals surface area contributed by atoms with Crippen molar-refractivity contribution in [3.05, 3.63) is 144 Å². The molecule has 4 aromatic rings. The van der Waals surface area contributed by atoms with E-state index in [9.17, 15) is 0 Å². The Kier molecular flexibility index (Phi) is 15.1. The molecule has 0 saturated carbocycles. The summed E-state index contributed by atoms with van der Waals surface area (Å²) in [5.41, 5.74) is 14.3. The summed E-state index contributed by atoms with van der Waals surface area (Å²) >= 11 is 36.4. The summed E-state index contributed by atoms with van der Waals surface area (Å²) in [4.78, 5) is 0. The van der Waals surface area contributed by atoms with Crippen LogP contribution in [0.15, 0.2) is 88.2 Å². The van der Waals surface area contributed by atoms with Gasteiger partial charge in [-0.25, -0.2) is 0 Å². The summed E-state index contributed by atoms with van der Waals surface area (Å²) in [5.74, 6) is 0. The molecule has 4 aromatic carbocycles. The molecule has 0 unspecified atom stereocenters. The van der Waals surface area contributed by atoms with Gasteiger partial charge in [-0.1, -0.05) is 0 Å². The number of halogens is 8. The van der Waals surface area contributed by atoms with Crippen LogP contribution in [0.2, 0.25) is 0 Å². The molecule has 0 saturated heterocycles. The first-order valence-corrected chi connectivity index (χ1v) is 25.4. The van der Waals surface area contributed by atoms with E-state index in [0.29, 0.717) is 11.1 Å². The van der Waals surface area contributed by atoms with Gasteiger partial charge in [-0.3, -0.25) is 0 Å². The van der Waals surface area contributed by atoms with Crippen molar-refractivity contribution in [2.45, 2.75) is 125 Å². The third-order valence-corrected chi connectivity index (χ3v) is 20.1. The zero-order chi connectivity index (χ0) is 41.6. The van der Waals surface area contributed by atoms with Crippen LogP contribution in [0.5, 0.6) is 0 Å². The SMILES string of the molecule is CC(C)(C)c1cc2c(cc1C(C)(C)C)-c1cc(C(C)(C)C)c(C(C)(C)C)[c]([Zr]([C]3=CC=CC3)=[C](c3cccc(C(Cl)(Cl)Cl)c3)c3cccc(C(Cl)(Cl)Cl)c3)c1C2.Cl.Cl. The van der Waals surface area contributed by atoms with Gasteiger partial charge in [0.15, 0.2) is 0 Å². The van der Waals surface area contributed by atoms with Crippen LogP contribution in [0.25, 0.3) is 11.1 Å². The summed E-state index contributed by atoms with van der Waals surface area (Å²) in [7, 11) is 0. The number of rotatable bonds is 4. The maximum absolute atomic E-state index is 6.63. The Morgan fingerprint density at radius 3 is 1.43 bits per heavy atom. The van der Waals surface area contributed by atoms with Gasteiger partial charge in [0, 0.05) is 0 Å². The van der Waals surface area contributed by atoms with Crippen molar-refractivity contribution in [3.63, 3.8) is 0 Å². The van der Waals surface area contributed by atoms with E-state index in [0.717, 1.165) is 24.0 Å². The molecule has 58 heavy (non-hydrogen) atoms. The van der Waals surface area contributed by atoms with Gasteiger partial charge in [-0.05, 0) is 0 Å². The van der Waals surface area contributed by atoms with E-state index < -0.39 is 28.9 Å². The largest absolute Gasteiger partial charge is 0.147 e. The molecule has 9 heteroatoms. The number of hydrogen-bond acceptors (Lipinski definition) is 0. The van der Waals surface area contributed by atoms with Crippen LogP contribution in [-0.2, 0) is 56.9 Å². The zero-order valence-electron chi connectivity index (χ0n) is 35.6. The molecule has 0 aromatic heterocycles. The standard InChI is InChI=1S/C29H41.C15H8Cl6.C5H5.2ClH.Zr/c1-26(2,3)22-14-18-13-19-15-23(27(4,5)6)25(29(10,11)12)17-21(19)20(18)16-24(22)28(7,8)9;16-14(17,18)12-5-1-3-10(8-12)7-11-4-2-6-13(9-11)15(19,20)21;1-2-4-5-3-1;;;/h14,16-17H,13H2,1-12H3;1-6,8-9H;1-3H,4H2;2*1H;. The average Bonchev–Trinajstić information content (AvgIpc) is 3.72. The van der Waals surface area contributed by atoms with E-state index in [-0.39, 0.29) is 46.5 Å². The second-order valence-corrected chi connectivity index (χ2v) is 30.1. The Labute approximate surface area is 398 Å². The van der Waals surface area contributed by atoms with E-state index in [1.54, 1.807) is 0 Å². The summed E-state index contributed by atoms with van der Waals surface area (Å²) in [5, 5.41) is 0. The number of hydrogen-bond donors (Lipinski definition) is 0. The van der Waals surface area contributed by atoms with Gasteiger partial charge in [0.05, 0.1) is 0 Å². The third-order valence-electron chi connectivity index (χ3n) is 11.1. The average molecular weight is 1020 g/mol. The van der Waals surface area contributed by atoms with Gasteiger partial charge < -0.3 is 0 Å². The number of alkyl halides is 6. The molecule has 0 spiro atoms. The van der Waals surface area contributed by atoms with E-state index in [1.807, 2.05) is 24.3 Å². The Morgan fingerprint density at radius 1 is 0.552 bits per heavy atom. The maximum atomic E-state index is 6.63. The van der Waals surface area contributed by atoms with Crippen molar-refractivity contribution in [2.75, 3.05) is 0 Å². The molecule has 0 amide bonds. The number of allylic oxidation sites excluding steroid dienone is 4. The van der Waals surface area contributed by atoms with Crippen molar-refractivity contribution in [2.24, 2.45) is 0 Å². The minimum absolute atomic E-state index is 0. The van der Waals surface area contributed by atoms with Gasteiger partial charge in [-0.2, -0.15) is 0 Å². The van der Waals surface area contributed by atoms with Crippen LogP contribution in [0.3, 0.4) is 0 Å². The molecule has 2 aliphatic rings. The van der Waals surface area contributed by atoms with Crippen molar-refractivity contribution < 1.29 is 21.3 Å². The van der Waals surface area contributed by atoms with Crippen LogP contribution in [-0.4, -0.2) is 3.21 Å². The molecule has 0 nitrogen and oxygen atoms in total. The smallest absolute Gasteiger partial charge is 0.147 e. The van der Waals surface area contributed by atoms with E-state index in [1.165, 1.54) is 54.3 Å². The second kappa shape index (κ2) is 17.5. The van der Waals surface area contributed by atoms with Crippen LogP contribution in [0.1, 0.15) is 145 Å². The van der Waals surface area contributed by atoms with Gasteiger partial charge in [0.25, 0.3) is 0 Å². The van der Waals surface area contributed by atoms with Crippen molar-refractivity contribution in [3.8, 4) is 11.1 Å². The first-order chi connectivity index (χ1) is 25.6. The number of fused-ring (bicyclic) bond motifs is 3.